The Balaban J connectivity index is -0.0000000166. The summed E-state index contributed by atoms with van der Waals surface area (Å²) in [6.07, 6.45) is 7.54. The van der Waals surface area contributed by atoms with E-state index < -0.39 is 28.5 Å². The van der Waals surface area contributed by atoms with Gasteiger partial charge in [-0.1, -0.05) is 144 Å². The Hall–Kier alpha value is 2.45. The van der Waals surface area contributed by atoms with Crippen molar-refractivity contribution in [3.05, 3.63) is 89.4 Å². The Morgan fingerprint density at radius 1 is 0.651 bits per heavy atom. The number of allylic oxidation sites excluding steroid dienone is 4. The minimum Gasteiger partial charge on any atom is 4.00 e. The van der Waals surface area contributed by atoms with Gasteiger partial charge in [-0.3, -0.25) is 0 Å². The number of rotatable bonds is 2. The number of hydrogen-bond donors (Lipinski definition) is 3. The standard InChI is InChI=1S/C13H26Si2.C7H8.6CH4.4CH3.5ClH.2H3N.HN.3Ti/c1-11-10-12(14(2,3)4)8-9-13(11)15(5,6)7;1-7-5-3-2-4-6-7;;;;;;;;;;;;;;;;;;;;;/h8-10,12-13H,1-7H3;2-6H,1H3;6*1H4;4*1H3;5*1H;2*1H3;1H;;;/q;;;;;;;;4*-1;;;;;;;;;;2*+4/p-4. The molecule has 0 radical (unpaired) electrons. The maximum Gasteiger partial charge on any atom is 4.00 e. The van der Waals surface area contributed by atoms with Crippen LogP contribution in [0.5, 0.6) is 0 Å². The fourth-order valence-corrected chi connectivity index (χ4v) is 6.47. The van der Waals surface area contributed by atoms with Gasteiger partial charge >= 0.3 is 95.4 Å². The van der Waals surface area contributed by atoms with Gasteiger partial charge in [-0.25, -0.2) is 0 Å². The molecule has 1 aromatic carbocycles. The SMILES string of the molecule is C.C.C.C.C.C.CC1=CC([Si](C)(C)C)C=CC1[Si](C)(C)C.Cc1ccccc1.Cl.N.N.[CH3-].[CH3-].[CH3-].[CH3-].[Cl][Ti]([Cl])([Cl])[Cl].[NH]=[Ti].[Ti+4]. The van der Waals surface area contributed by atoms with Gasteiger partial charge in [0.15, 0.2) is 0 Å². The van der Waals surface area contributed by atoms with E-state index in [0.29, 0.717) is 0 Å². The van der Waals surface area contributed by atoms with Gasteiger partial charge in [0.1, 0.15) is 0 Å². The number of hydrogen-bond acceptors (Lipinski definition) is 3. The van der Waals surface area contributed by atoms with Crippen molar-refractivity contribution >= 4 is 65.8 Å². The van der Waals surface area contributed by atoms with Crippen LogP contribution in [0.4, 0.5) is 0 Å². The minimum absolute atomic E-state index is 0. The van der Waals surface area contributed by atoms with Crippen molar-refractivity contribution in [3.63, 3.8) is 0 Å². The van der Waals surface area contributed by atoms with Crippen molar-refractivity contribution < 1.29 is 54.3 Å². The first kappa shape index (κ1) is 104. The zero-order chi connectivity index (χ0) is 23.5. The first-order chi connectivity index (χ1) is 13.0. The number of halogens is 5. The van der Waals surface area contributed by atoms with E-state index in [4.69, 9.17) is 41.1 Å². The van der Waals surface area contributed by atoms with Gasteiger partial charge in [0.2, 0.25) is 0 Å². The monoisotopic (exact) mass is 855 g/mol. The predicted molar refractivity (Wildman–Crippen MR) is 218 cm³/mol. The molecule has 0 amide bonds. The molecule has 13 heteroatoms. The third-order valence-corrected chi connectivity index (χ3v) is 9.19. The van der Waals surface area contributed by atoms with Crippen molar-refractivity contribution in [3.8, 4) is 0 Å². The molecule has 43 heavy (non-hydrogen) atoms. The zero-order valence-electron chi connectivity index (χ0n) is 25.1. The maximum absolute atomic E-state index is 5.75. The van der Waals surface area contributed by atoms with Gasteiger partial charge in [0.25, 0.3) is 0 Å². The molecule has 268 valence electrons. The molecule has 0 bridgehead atoms. The Bertz CT molecular complexity index is 651. The van der Waals surface area contributed by atoms with Crippen molar-refractivity contribution in [1.82, 2.24) is 12.3 Å². The van der Waals surface area contributed by atoms with Crippen molar-refractivity contribution in [2.45, 2.75) is 109 Å². The summed E-state index contributed by atoms with van der Waals surface area (Å²) in [4.78, 5) is 0. The van der Waals surface area contributed by atoms with E-state index >= 15 is 0 Å². The van der Waals surface area contributed by atoms with Crippen LogP contribution in [0.3, 0.4) is 0 Å². The van der Waals surface area contributed by atoms with Crippen LogP contribution < -0.4 is 12.3 Å². The molecule has 2 unspecified atom stereocenters. The van der Waals surface area contributed by atoms with E-state index in [0.717, 1.165) is 11.1 Å². The fraction of sp³-hybridized carbons (Fsp3) is 0.533. The molecular weight excluding hydrogens is 779 g/mol. The molecule has 0 aliphatic heterocycles. The molecule has 0 saturated heterocycles. The van der Waals surface area contributed by atoms with Gasteiger partial charge in [-0.2, -0.15) is 0 Å². The van der Waals surface area contributed by atoms with E-state index in [2.05, 4.69) is 83.5 Å². The molecule has 0 spiro atoms. The summed E-state index contributed by atoms with van der Waals surface area (Å²) in [5.74, 6) is 0. The number of nitrogens with one attached hydrogen (secondary N) is 1. The third kappa shape index (κ3) is 63.7. The average molecular weight is 858 g/mol. The average Bonchev–Trinajstić information content (AvgIpc) is 2.54. The summed E-state index contributed by atoms with van der Waals surface area (Å²) >= 11 is -1.86. The molecule has 1 aliphatic carbocycles. The van der Waals surface area contributed by atoms with Crippen LogP contribution in [0.2, 0.25) is 50.4 Å². The zero-order valence-corrected chi connectivity index (χ0v) is 35.6. The predicted octanol–water partition coefficient (Wildman–Crippen LogP) is 16.3. The summed E-state index contributed by atoms with van der Waals surface area (Å²) in [6.45, 7) is 19.2. The molecule has 0 saturated carbocycles. The van der Waals surface area contributed by atoms with E-state index in [-0.39, 0.29) is 121 Å². The van der Waals surface area contributed by atoms with E-state index in [1.54, 1.807) is 5.57 Å². The van der Waals surface area contributed by atoms with E-state index in [1.807, 2.05) is 18.2 Å². The van der Waals surface area contributed by atoms with E-state index in [9.17, 15) is 0 Å². The van der Waals surface area contributed by atoms with Crippen LogP contribution in [0.25, 0.3) is 0 Å². The van der Waals surface area contributed by atoms with Crippen LogP contribution in [-0.2, 0) is 54.3 Å². The van der Waals surface area contributed by atoms with Crippen molar-refractivity contribution in [2.24, 2.45) is 0 Å². The smallest absolute Gasteiger partial charge is 4.00 e. The Morgan fingerprint density at radius 3 is 1.09 bits per heavy atom. The Labute approximate surface area is 330 Å². The first-order valence-electron chi connectivity index (χ1n) is 9.40. The quantitative estimate of drug-likeness (QED) is 0.157. The van der Waals surface area contributed by atoms with Crippen molar-refractivity contribution in [1.29, 1.82) is 3.83 Å². The third-order valence-electron chi connectivity index (χ3n) is 4.32. The maximum atomic E-state index is 5.75. The molecule has 1 aliphatic rings. The van der Waals surface area contributed by atoms with Crippen LogP contribution in [-0.4, -0.2) is 16.1 Å². The van der Waals surface area contributed by atoms with Gasteiger partial charge in [0.05, 0.1) is 16.1 Å². The van der Waals surface area contributed by atoms with Gasteiger partial charge in [0, 0.05) is 0 Å². The molecule has 7 N–H and O–H groups in total. The Morgan fingerprint density at radius 2 is 0.930 bits per heavy atom. The van der Waals surface area contributed by atoms with E-state index in [1.165, 1.54) is 25.8 Å². The summed E-state index contributed by atoms with van der Waals surface area (Å²) < 4.78 is 5.75. The summed E-state index contributed by atoms with van der Waals surface area (Å²) in [7, 11) is 18.0. The molecule has 1 aromatic rings. The molecule has 2 rings (SSSR count). The second kappa shape index (κ2) is 51.3. The molecule has 0 fully saturated rings. The number of benzene rings is 1. The molecular formula is C30H78Cl5N3Si2Ti3. The first-order valence-corrected chi connectivity index (χ1v) is 25.9. The molecule has 0 heterocycles. The van der Waals surface area contributed by atoms with Crippen molar-refractivity contribution in [2.75, 3.05) is 0 Å². The van der Waals surface area contributed by atoms with Gasteiger partial charge in [-0.05, 0) is 24.9 Å². The second-order valence-corrected chi connectivity index (χ2v) is 35.3. The van der Waals surface area contributed by atoms with Crippen LogP contribution >= 0.6 is 49.6 Å². The number of aryl methyl sites for hydroxylation is 1. The van der Waals surface area contributed by atoms with Crippen LogP contribution in [0.1, 0.15) is 57.0 Å². The van der Waals surface area contributed by atoms with Gasteiger partial charge in [-0.15, -0.1) is 12.4 Å². The van der Waals surface area contributed by atoms with Crippen LogP contribution in [0, 0.1) is 40.5 Å². The topological polar surface area (TPSA) is 93.8 Å². The van der Waals surface area contributed by atoms with Gasteiger partial charge < -0.3 is 42.0 Å². The normalized spacial score (nSPS) is 12.6. The molecule has 0 aromatic heterocycles. The minimum atomic E-state index is -3.11. The molecule has 2 atom stereocenters. The summed E-state index contributed by atoms with van der Waals surface area (Å²) in [5, 5.41) is 0. The fourth-order valence-electron chi connectivity index (χ4n) is 2.87. The largest absolute Gasteiger partial charge is 4.00 e. The Kier molecular flexibility index (Phi) is 123. The summed E-state index contributed by atoms with van der Waals surface area (Å²) in [6, 6.07) is 10.3. The second-order valence-electron chi connectivity index (χ2n) is 9.11. The molecule has 3 nitrogen and oxygen atoms in total. The van der Waals surface area contributed by atoms with Crippen LogP contribution in [0.15, 0.2) is 54.1 Å². The summed E-state index contributed by atoms with van der Waals surface area (Å²) in [5.41, 5.74) is 4.47.